The summed E-state index contributed by atoms with van der Waals surface area (Å²) in [4.78, 5) is 0. The van der Waals surface area contributed by atoms with Crippen LogP contribution in [0.3, 0.4) is 0 Å². The Hall–Kier alpha value is 0.0600. The molecular formula is C18H30SiZr. The minimum absolute atomic E-state index is 0. The van der Waals surface area contributed by atoms with Crippen molar-refractivity contribution in [3.05, 3.63) is 53.5 Å². The fourth-order valence-electron chi connectivity index (χ4n) is 1.66. The summed E-state index contributed by atoms with van der Waals surface area (Å²) in [6, 6.07) is 0. The molecule has 0 spiro atoms. The van der Waals surface area contributed by atoms with Crippen LogP contribution in [0.15, 0.2) is 34.4 Å². The summed E-state index contributed by atoms with van der Waals surface area (Å²) < 4.78 is 0. The van der Waals surface area contributed by atoms with E-state index in [1.807, 2.05) is 13.0 Å². The van der Waals surface area contributed by atoms with Crippen LogP contribution in [0.25, 0.3) is 0 Å². The molecule has 0 fully saturated rings. The molecule has 0 nitrogen and oxygen atoms in total. The van der Waals surface area contributed by atoms with Gasteiger partial charge in [0, 0.05) is 0 Å². The Bertz CT molecular complexity index is 370. The summed E-state index contributed by atoms with van der Waals surface area (Å²) in [6.45, 7) is 16.3. The minimum Gasteiger partial charge on any atom is -0.344 e. The topological polar surface area (TPSA) is 0 Å². The molecule has 0 aromatic carbocycles. The third-order valence-electron chi connectivity index (χ3n) is 3.11. The third kappa shape index (κ3) is 9.88. The van der Waals surface area contributed by atoms with Gasteiger partial charge in [0.05, 0.1) is 0 Å². The van der Waals surface area contributed by atoms with E-state index in [0.717, 1.165) is 12.8 Å². The summed E-state index contributed by atoms with van der Waals surface area (Å²) >= 11 is 0. The number of hydrogen-bond donors (Lipinski definition) is 0. The summed E-state index contributed by atoms with van der Waals surface area (Å²) in [5.74, 6) is 0.560. The molecule has 0 amide bonds. The molecule has 0 bridgehead atoms. The van der Waals surface area contributed by atoms with Crippen molar-refractivity contribution in [3.63, 3.8) is 0 Å². The van der Waals surface area contributed by atoms with Crippen molar-refractivity contribution >= 4 is 11.0 Å². The van der Waals surface area contributed by atoms with Gasteiger partial charge in [0.1, 0.15) is 0 Å². The Morgan fingerprint density at radius 1 is 1.25 bits per heavy atom. The van der Waals surface area contributed by atoms with Crippen LogP contribution in [0.4, 0.5) is 0 Å². The summed E-state index contributed by atoms with van der Waals surface area (Å²) in [5, 5.41) is 0. The molecule has 2 aliphatic carbocycles. The molecular weight excluding hydrogens is 336 g/mol. The fourth-order valence-corrected chi connectivity index (χ4v) is 1.66. The molecule has 20 heavy (non-hydrogen) atoms. The molecule has 0 saturated heterocycles. The van der Waals surface area contributed by atoms with E-state index in [-0.39, 0.29) is 37.2 Å². The van der Waals surface area contributed by atoms with Gasteiger partial charge in [0.2, 0.25) is 0 Å². The Morgan fingerprint density at radius 3 is 1.85 bits per heavy atom. The molecule has 2 rings (SSSR count). The van der Waals surface area contributed by atoms with E-state index < -0.39 is 0 Å². The molecule has 1 atom stereocenters. The summed E-state index contributed by atoms with van der Waals surface area (Å²) in [6.07, 6.45) is 12.6. The molecule has 0 aromatic rings. The molecule has 0 N–H and O–H groups in total. The fraction of sp³-hybridized carbons (Fsp3) is 0.500. The molecule has 0 aliphatic heterocycles. The smallest absolute Gasteiger partial charge is 0.344 e. The van der Waals surface area contributed by atoms with Crippen molar-refractivity contribution in [3.8, 4) is 0 Å². The van der Waals surface area contributed by atoms with Gasteiger partial charge in [-0.2, -0.15) is 23.6 Å². The van der Waals surface area contributed by atoms with Gasteiger partial charge >= 0.3 is 26.2 Å². The predicted octanol–water partition coefficient (Wildman–Crippen LogP) is 4.46. The second-order valence-corrected chi connectivity index (χ2v) is 4.80. The van der Waals surface area contributed by atoms with Crippen molar-refractivity contribution in [1.29, 1.82) is 0 Å². The molecule has 0 heterocycles. The van der Waals surface area contributed by atoms with E-state index in [0.29, 0.717) is 5.92 Å². The number of rotatable bonds is 0. The van der Waals surface area contributed by atoms with Crippen LogP contribution in [0.1, 0.15) is 54.4 Å². The van der Waals surface area contributed by atoms with E-state index in [2.05, 4.69) is 59.8 Å². The van der Waals surface area contributed by atoms with Crippen LogP contribution in [-0.4, -0.2) is 11.0 Å². The molecule has 2 aliphatic rings. The Morgan fingerprint density at radius 2 is 1.75 bits per heavy atom. The maximum atomic E-state index is 3.49. The van der Waals surface area contributed by atoms with Gasteiger partial charge in [0.15, 0.2) is 0 Å². The van der Waals surface area contributed by atoms with Gasteiger partial charge in [-0.15, -0.1) is 20.3 Å². The van der Waals surface area contributed by atoms with E-state index in [9.17, 15) is 0 Å². The van der Waals surface area contributed by atoms with Crippen molar-refractivity contribution in [2.75, 3.05) is 0 Å². The Kier molecular flexibility index (Phi) is 17.5. The van der Waals surface area contributed by atoms with Crippen molar-refractivity contribution < 1.29 is 26.2 Å². The molecule has 110 valence electrons. The van der Waals surface area contributed by atoms with E-state index >= 15 is 0 Å². The van der Waals surface area contributed by atoms with Crippen molar-refractivity contribution in [2.24, 2.45) is 5.92 Å². The molecule has 2 heteroatoms. The Labute approximate surface area is 150 Å². The molecule has 0 aromatic heterocycles. The van der Waals surface area contributed by atoms with Gasteiger partial charge < -0.3 is 6.92 Å². The summed E-state index contributed by atoms with van der Waals surface area (Å²) in [7, 11) is 0. The van der Waals surface area contributed by atoms with Gasteiger partial charge in [-0.25, -0.2) is 17.2 Å². The normalized spacial score (nSPS) is 18.6. The zero-order valence-corrected chi connectivity index (χ0v) is 18.8. The van der Waals surface area contributed by atoms with Crippen LogP contribution >= 0.6 is 0 Å². The maximum Gasteiger partial charge on any atom is 3.00 e. The van der Waals surface area contributed by atoms with E-state index in [1.54, 1.807) is 0 Å². The monoisotopic (exact) mass is 364 g/mol. The first-order valence-electron chi connectivity index (χ1n) is 6.74. The van der Waals surface area contributed by atoms with Crippen molar-refractivity contribution in [2.45, 2.75) is 54.4 Å². The van der Waals surface area contributed by atoms with Crippen LogP contribution in [-0.2, 0) is 26.2 Å². The van der Waals surface area contributed by atoms with Crippen LogP contribution in [0.5, 0.6) is 0 Å². The minimum atomic E-state index is 0. The quantitative estimate of drug-likeness (QED) is 0.439. The molecule has 1 unspecified atom stereocenters. The van der Waals surface area contributed by atoms with Crippen LogP contribution in [0, 0.1) is 25.0 Å². The maximum absolute atomic E-state index is 3.49. The largest absolute Gasteiger partial charge is 3.00 e. The van der Waals surface area contributed by atoms with Crippen LogP contribution < -0.4 is 0 Å². The second-order valence-electron chi connectivity index (χ2n) is 4.80. The number of allylic oxidation sites excluding steroid dienone is 8. The predicted molar refractivity (Wildman–Crippen MR) is 91.7 cm³/mol. The Balaban J connectivity index is -0.000000232. The van der Waals surface area contributed by atoms with Gasteiger partial charge in [0.25, 0.3) is 0 Å². The standard InChI is InChI=1S/C9H13.C6H7.C3H7.H3Si.Zr/c1-6-5-7(2)9(4)8(6)3;1-6-4-2-3-5-6;1-3-2;;/h6H,1-4H3;4-5H,2H2,1H3;1,3H2,2H3;1H3;/q3*-1;;+3. The van der Waals surface area contributed by atoms with Gasteiger partial charge in [-0.1, -0.05) is 33.6 Å². The average Bonchev–Trinajstić information content (AvgIpc) is 2.86. The number of hydrogen-bond acceptors (Lipinski definition) is 0. The first-order chi connectivity index (χ1) is 8.43. The first-order valence-corrected chi connectivity index (χ1v) is 6.74. The van der Waals surface area contributed by atoms with Gasteiger partial charge in [-0.05, 0) is 11.0 Å². The zero-order valence-electron chi connectivity index (χ0n) is 14.4. The van der Waals surface area contributed by atoms with E-state index in [4.69, 9.17) is 0 Å². The second kappa shape index (κ2) is 14.0. The molecule has 0 saturated carbocycles. The SMILES string of the molecule is CC1=CC[C-]=C1.CC1=[C-]C(C)C(C)=C1C.[CH2-]CC.[SiH3].[Zr+3]. The first kappa shape index (κ1) is 25.0. The van der Waals surface area contributed by atoms with Gasteiger partial charge in [-0.3, -0.25) is 12.2 Å². The third-order valence-corrected chi connectivity index (χ3v) is 3.11. The van der Waals surface area contributed by atoms with Crippen LogP contribution in [0.2, 0.25) is 0 Å². The van der Waals surface area contributed by atoms with E-state index in [1.165, 1.54) is 22.3 Å². The molecule has 2 radical (unpaired) electrons. The summed E-state index contributed by atoms with van der Waals surface area (Å²) in [5.41, 5.74) is 5.59. The van der Waals surface area contributed by atoms with Crippen molar-refractivity contribution in [1.82, 2.24) is 0 Å². The zero-order chi connectivity index (χ0) is 14.1. The average molecular weight is 366 g/mol.